The van der Waals surface area contributed by atoms with E-state index in [-0.39, 0.29) is 0 Å². The molecule has 2 heterocycles. The Labute approximate surface area is 105 Å². The van der Waals surface area contributed by atoms with Crippen LogP contribution >= 0.6 is 11.6 Å². The minimum atomic E-state index is 0.449. The third kappa shape index (κ3) is 2.35. The monoisotopic (exact) mass is 254 g/mol. The van der Waals surface area contributed by atoms with E-state index >= 15 is 0 Å². The van der Waals surface area contributed by atoms with E-state index in [4.69, 9.17) is 16.0 Å². The third-order valence-electron chi connectivity index (χ3n) is 2.48. The van der Waals surface area contributed by atoms with Gasteiger partial charge >= 0.3 is 6.01 Å². The van der Waals surface area contributed by atoms with Crippen molar-refractivity contribution in [2.75, 3.05) is 6.54 Å². The van der Waals surface area contributed by atoms with Gasteiger partial charge in [0.15, 0.2) is 0 Å². The molecule has 92 valence electrons. The summed E-state index contributed by atoms with van der Waals surface area (Å²) >= 11 is 6.07. The van der Waals surface area contributed by atoms with Gasteiger partial charge in [-0.1, -0.05) is 18.5 Å². The molecule has 0 aromatic carbocycles. The molecule has 0 radical (unpaired) electrons. The summed E-state index contributed by atoms with van der Waals surface area (Å²) < 4.78 is 7.01. The maximum atomic E-state index is 6.07. The van der Waals surface area contributed by atoms with Crippen molar-refractivity contribution in [3.63, 3.8) is 0 Å². The maximum Gasteiger partial charge on any atom is 0.323 e. The number of halogens is 1. The van der Waals surface area contributed by atoms with Crippen molar-refractivity contribution < 1.29 is 4.42 Å². The summed E-state index contributed by atoms with van der Waals surface area (Å²) in [7, 11) is 0. The lowest BCUT2D eigenvalue weighted by Crippen LogP contribution is -2.12. The van der Waals surface area contributed by atoms with Crippen molar-refractivity contribution in [1.82, 2.24) is 20.1 Å². The molecule has 2 aromatic heterocycles. The van der Waals surface area contributed by atoms with Gasteiger partial charge in [0.25, 0.3) is 0 Å². The molecule has 0 aliphatic rings. The average molecular weight is 255 g/mol. The lowest BCUT2D eigenvalue weighted by atomic mass is 10.4. The molecule has 0 aliphatic carbocycles. The molecule has 0 atom stereocenters. The van der Waals surface area contributed by atoms with Gasteiger partial charge in [0, 0.05) is 6.54 Å². The Morgan fingerprint density at radius 2 is 2.24 bits per heavy atom. The molecule has 5 nitrogen and oxygen atoms in total. The highest BCUT2D eigenvalue weighted by Gasteiger charge is 2.14. The van der Waals surface area contributed by atoms with Gasteiger partial charge in [-0.05, 0) is 20.4 Å². The summed E-state index contributed by atoms with van der Waals surface area (Å²) in [5.74, 6) is 0. The van der Waals surface area contributed by atoms with Crippen molar-refractivity contribution in [1.29, 1.82) is 0 Å². The molecule has 0 bridgehead atoms. The first-order valence-corrected chi connectivity index (χ1v) is 5.88. The van der Waals surface area contributed by atoms with Gasteiger partial charge in [-0.25, -0.2) is 0 Å². The highest BCUT2D eigenvalue weighted by Crippen LogP contribution is 2.21. The number of oxazole rings is 1. The summed E-state index contributed by atoms with van der Waals surface area (Å²) in [6.07, 6.45) is 1.63. The fourth-order valence-corrected chi connectivity index (χ4v) is 1.66. The molecule has 2 aromatic rings. The fraction of sp³-hybridized carbons (Fsp3) is 0.455. The van der Waals surface area contributed by atoms with E-state index in [1.165, 1.54) is 0 Å². The first-order valence-electron chi connectivity index (χ1n) is 5.50. The van der Waals surface area contributed by atoms with Gasteiger partial charge in [-0.2, -0.15) is 14.8 Å². The lowest BCUT2D eigenvalue weighted by Gasteiger charge is -1.97. The van der Waals surface area contributed by atoms with Crippen LogP contribution in [-0.2, 0) is 6.54 Å². The van der Waals surface area contributed by atoms with E-state index in [0.29, 0.717) is 17.6 Å². The molecule has 1 N–H and O–H groups in total. The van der Waals surface area contributed by atoms with Gasteiger partial charge in [0.05, 0.1) is 22.1 Å². The molecule has 6 heteroatoms. The van der Waals surface area contributed by atoms with Crippen LogP contribution < -0.4 is 5.32 Å². The van der Waals surface area contributed by atoms with E-state index in [1.54, 1.807) is 10.9 Å². The average Bonchev–Trinajstić information content (AvgIpc) is 2.87. The largest absolute Gasteiger partial charge is 0.430 e. The van der Waals surface area contributed by atoms with Crippen molar-refractivity contribution in [2.45, 2.75) is 27.3 Å². The lowest BCUT2D eigenvalue weighted by molar-refractivity contribution is 0.504. The van der Waals surface area contributed by atoms with Crippen LogP contribution in [0.1, 0.15) is 24.0 Å². The van der Waals surface area contributed by atoms with E-state index in [1.807, 2.05) is 20.8 Å². The van der Waals surface area contributed by atoms with Gasteiger partial charge < -0.3 is 9.73 Å². The Bertz CT molecular complexity index is 518. The summed E-state index contributed by atoms with van der Waals surface area (Å²) in [5.41, 5.74) is 2.46. The molecule has 0 saturated heterocycles. The number of aryl methyl sites for hydroxylation is 1. The normalized spacial score (nSPS) is 11.1. The van der Waals surface area contributed by atoms with Crippen LogP contribution in [0.4, 0.5) is 0 Å². The quantitative estimate of drug-likeness (QED) is 0.909. The van der Waals surface area contributed by atoms with E-state index < -0.39 is 0 Å². The Kier molecular flexibility index (Phi) is 3.49. The highest BCUT2D eigenvalue weighted by atomic mass is 35.5. The zero-order chi connectivity index (χ0) is 12.4. The summed E-state index contributed by atoms with van der Waals surface area (Å²) in [5, 5.41) is 8.11. The summed E-state index contributed by atoms with van der Waals surface area (Å²) in [6.45, 7) is 7.37. The second kappa shape index (κ2) is 4.89. The molecule has 2 rings (SSSR count). The van der Waals surface area contributed by atoms with Crippen molar-refractivity contribution in [3.8, 4) is 6.01 Å². The standard InChI is InChI=1S/C11H15ClN4O/c1-4-13-5-9-6-17-11(14-9)16-8(3)10(12)7(2)15-16/h6,13H,4-5H2,1-3H3. The van der Waals surface area contributed by atoms with Gasteiger partial charge in [-0.3, -0.25) is 0 Å². The van der Waals surface area contributed by atoms with Crippen LogP contribution in [0.15, 0.2) is 10.7 Å². The Balaban J connectivity index is 2.27. The predicted octanol–water partition coefficient (Wildman–Crippen LogP) is 2.24. The fourth-order valence-electron chi connectivity index (χ4n) is 1.54. The molecule has 0 aliphatic heterocycles. The third-order valence-corrected chi connectivity index (χ3v) is 3.03. The summed E-state index contributed by atoms with van der Waals surface area (Å²) in [4.78, 5) is 4.35. The second-order valence-corrected chi connectivity index (χ2v) is 4.18. The van der Waals surface area contributed by atoms with Crippen LogP contribution in [0, 0.1) is 13.8 Å². The molecule has 0 saturated carbocycles. The molecular weight excluding hydrogens is 240 g/mol. The zero-order valence-corrected chi connectivity index (χ0v) is 10.9. The summed E-state index contributed by atoms with van der Waals surface area (Å²) in [6, 6.07) is 0.449. The molecule has 0 spiro atoms. The first-order chi connectivity index (χ1) is 8.13. The van der Waals surface area contributed by atoms with Gasteiger partial charge in [0.2, 0.25) is 0 Å². The van der Waals surface area contributed by atoms with Gasteiger partial charge in [-0.15, -0.1) is 0 Å². The Morgan fingerprint density at radius 1 is 1.47 bits per heavy atom. The van der Waals surface area contributed by atoms with Crippen LogP contribution in [-0.4, -0.2) is 21.3 Å². The maximum absolute atomic E-state index is 6.07. The molecule has 0 unspecified atom stereocenters. The second-order valence-electron chi connectivity index (χ2n) is 3.80. The van der Waals surface area contributed by atoms with Crippen molar-refractivity contribution in [2.24, 2.45) is 0 Å². The van der Waals surface area contributed by atoms with Crippen LogP contribution in [0.3, 0.4) is 0 Å². The topological polar surface area (TPSA) is 55.9 Å². The highest BCUT2D eigenvalue weighted by molar-refractivity contribution is 6.31. The Morgan fingerprint density at radius 3 is 2.82 bits per heavy atom. The van der Waals surface area contributed by atoms with Crippen LogP contribution in [0.25, 0.3) is 6.01 Å². The van der Waals surface area contributed by atoms with Crippen LogP contribution in [0.5, 0.6) is 0 Å². The minimum Gasteiger partial charge on any atom is -0.430 e. The Hall–Kier alpha value is -1.33. The predicted molar refractivity (Wildman–Crippen MR) is 65.5 cm³/mol. The number of nitrogens with one attached hydrogen (secondary N) is 1. The number of aromatic nitrogens is 3. The number of nitrogens with zero attached hydrogens (tertiary/aromatic N) is 3. The molecule has 0 amide bonds. The molecule has 17 heavy (non-hydrogen) atoms. The number of rotatable bonds is 4. The number of hydrogen-bond donors (Lipinski definition) is 1. The number of hydrogen-bond acceptors (Lipinski definition) is 4. The van der Waals surface area contributed by atoms with Crippen LogP contribution in [0.2, 0.25) is 5.02 Å². The smallest absolute Gasteiger partial charge is 0.323 e. The van der Waals surface area contributed by atoms with Crippen molar-refractivity contribution >= 4 is 11.6 Å². The van der Waals surface area contributed by atoms with E-state index in [9.17, 15) is 0 Å². The van der Waals surface area contributed by atoms with E-state index in [2.05, 4.69) is 15.4 Å². The SMILES string of the molecule is CCNCc1coc(-n2nc(C)c(Cl)c2C)n1. The molecule has 0 fully saturated rings. The minimum absolute atomic E-state index is 0.449. The molecular formula is C11H15ClN4O. The van der Waals surface area contributed by atoms with Crippen molar-refractivity contribution in [3.05, 3.63) is 28.4 Å². The van der Waals surface area contributed by atoms with E-state index in [0.717, 1.165) is 23.6 Å². The van der Waals surface area contributed by atoms with Gasteiger partial charge in [0.1, 0.15) is 6.26 Å². The first kappa shape index (κ1) is 12.1. The zero-order valence-electron chi connectivity index (χ0n) is 10.1.